The minimum Gasteiger partial charge on any atom is -0.507 e. The van der Waals surface area contributed by atoms with Gasteiger partial charge in [0, 0.05) is 6.07 Å². The van der Waals surface area contributed by atoms with E-state index < -0.39 is 5.63 Å². The third-order valence-electron chi connectivity index (χ3n) is 3.99. The molecule has 3 rings (SSSR count). The average molecular weight is 350 g/mol. The molecule has 0 fully saturated rings. The lowest BCUT2D eigenvalue weighted by Crippen LogP contribution is -2.23. The third kappa shape index (κ3) is 3.64. The molecule has 1 heterocycles. The Morgan fingerprint density at radius 1 is 1.19 bits per heavy atom. The lowest BCUT2D eigenvalue weighted by Gasteiger charge is -2.07. The fraction of sp³-hybridized carbons (Fsp3) is 0.150. The quantitative estimate of drug-likeness (QED) is 0.559. The summed E-state index contributed by atoms with van der Waals surface area (Å²) < 4.78 is 4.95. The number of aryl methyl sites for hydroxylation is 1. The van der Waals surface area contributed by atoms with E-state index in [1.807, 2.05) is 42.5 Å². The molecule has 6 heteroatoms. The summed E-state index contributed by atoms with van der Waals surface area (Å²) in [7, 11) is 0. The number of carbonyl (C=O) groups excluding carboxylic acids is 1. The summed E-state index contributed by atoms with van der Waals surface area (Å²) in [5, 5.41) is 15.9. The number of amides is 1. The predicted molar refractivity (Wildman–Crippen MR) is 99.4 cm³/mol. The molecule has 6 nitrogen and oxygen atoms in total. The Morgan fingerprint density at radius 3 is 2.69 bits per heavy atom. The summed E-state index contributed by atoms with van der Waals surface area (Å²) in [6, 6.07) is 14.9. The lowest BCUT2D eigenvalue weighted by molar-refractivity contribution is -0.120. The molecule has 26 heavy (non-hydrogen) atoms. The first-order chi connectivity index (χ1) is 12.5. The van der Waals surface area contributed by atoms with Gasteiger partial charge in [-0.1, -0.05) is 42.5 Å². The fourth-order valence-corrected chi connectivity index (χ4v) is 2.79. The van der Waals surface area contributed by atoms with Crippen LogP contribution in [0.2, 0.25) is 0 Å². The highest BCUT2D eigenvalue weighted by molar-refractivity contribution is 6.01. The first-order valence-corrected chi connectivity index (χ1v) is 8.09. The van der Waals surface area contributed by atoms with Gasteiger partial charge in [-0.25, -0.2) is 10.2 Å². The standard InChI is InChI=1S/C20H18N2O4/c1-12-10-17(23)19(20(25)26-12)13(2)21-22-18(24)11-15-8-5-7-14-6-3-4-9-16(14)15/h3-10,23H,11H2,1-2H3,(H,22,24)/b21-13+. The molecule has 1 aromatic heterocycles. The molecule has 0 spiro atoms. The molecular weight excluding hydrogens is 332 g/mol. The fourth-order valence-electron chi connectivity index (χ4n) is 2.79. The van der Waals surface area contributed by atoms with Crippen molar-refractivity contribution in [1.29, 1.82) is 0 Å². The maximum Gasteiger partial charge on any atom is 0.348 e. The van der Waals surface area contributed by atoms with Crippen LogP contribution in [-0.2, 0) is 11.2 Å². The van der Waals surface area contributed by atoms with Gasteiger partial charge in [-0.3, -0.25) is 4.79 Å². The van der Waals surface area contributed by atoms with Gasteiger partial charge in [-0.05, 0) is 30.2 Å². The number of carbonyl (C=O) groups is 1. The zero-order valence-electron chi connectivity index (χ0n) is 14.4. The van der Waals surface area contributed by atoms with Crippen molar-refractivity contribution in [2.24, 2.45) is 5.10 Å². The molecule has 3 aromatic rings. The van der Waals surface area contributed by atoms with Crippen LogP contribution in [-0.4, -0.2) is 16.7 Å². The second-order valence-electron chi connectivity index (χ2n) is 5.95. The van der Waals surface area contributed by atoms with Crippen LogP contribution < -0.4 is 11.1 Å². The summed E-state index contributed by atoms with van der Waals surface area (Å²) in [5.41, 5.74) is 2.70. The second-order valence-corrected chi connectivity index (χ2v) is 5.95. The monoisotopic (exact) mass is 350 g/mol. The van der Waals surface area contributed by atoms with Crippen LogP contribution >= 0.6 is 0 Å². The van der Waals surface area contributed by atoms with Crippen LogP contribution in [0.1, 0.15) is 23.8 Å². The molecule has 0 saturated carbocycles. The highest BCUT2D eigenvalue weighted by Gasteiger charge is 2.13. The molecule has 0 bridgehead atoms. The van der Waals surface area contributed by atoms with E-state index in [2.05, 4.69) is 10.5 Å². The number of rotatable bonds is 4. The first-order valence-electron chi connectivity index (χ1n) is 8.09. The van der Waals surface area contributed by atoms with Crippen LogP contribution in [0.3, 0.4) is 0 Å². The van der Waals surface area contributed by atoms with Crippen LogP contribution in [0.15, 0.2) is 62.8 Å². The Hall–Kier alpha value is -3.41. The molecule has 0 unspecified atom stereocenters. The van der Waals surface area contributed by atoms with Crippen LogP contribution in [0.25, 0.3) is 10.8 Å². The number of hydrogen-bond donors (Lipinski definition) is 2. The Morgan fingerprint density at radius 2 is 1.92 bits per heavy atom. The Kier molecular flexibility index (Phi) is 4.84. The van der Waals surface area contributed by atoms with E-state index >= 15 is 0 Å². The van der Waals surface area contributed by atoms with E-state index in [-0.39, 0.29) is 29.4 Å². The second kappa shape index (κ2) is 7.23. The molecule has 2 aromatic carbocycles. The van der Waals surface area contributed by atoms with Crippen molar-refractivity contribution in [3.63, 3.8) is 0 Å². The van der Waals surface area contributed by atoms with Crippen LogP contribution in [0, 0.1) is 6.92 Å². The highest BCUT2D eigenvalue weighted by Crippen LogP contribution is 2.19. The Bertz CT molecular complexity index is 1060. The van der Waals surface area contributed by atoms with Gasteiger partial charge in [0.05, 0.1) is 12.1 Å². The maximum atomic E-state index is 12.2. The minimum atomic E-state index is -0.702. The van der Waals surface area contributed by atoms with E-state index in [0.717, 1.165) is 16.3 Å². The largest absolute Gasteiger partial charge is 0.507 e. The SMILES string of the molecule is C/C(=N\NC(=O)Cc1cccc2ccccc12)c1c(O)cc(C)oc1=O. The lowest BCUT2D eigenvalue weighted by atomic mass is 10.0. The van der Waals surface area contributed by atoms with Crippen molar-refractivity contribution in [1.82, 2.24) is 5.43 Å². The number of benzene rings is 2. The van der Waals surface area contributed by atoms with E-state index in [1.54, 1.807) is 6.92 Å². The number of hydrogen-bond acceptors (Lipinski definition) is 5. The number of nitrogens with one attached hydrogen (secondary N) is 1. The summed E-state index contributed by atoms with van der Waals surface area (Å²) in [5.74, 6) is -0.260. The topological polar surface area (TPSA) is 91.9 Å². The van der Waals surface area contributed by atoms with Crippen molar-refractivity contribution in [3.8, 4) is 5.75 Å². The van der Waals surface area contributed by atoms with E-state index in [0.29, 0.717) is 5.76 Å². The van der Waals surface area contributed by atoms with Gasteiger partial charge in [0.15, 0.2) is 0 Å². The Labute approximate surface area is 149 Å². The maximum absolute atomic E-state index is 12.2. The van der Waals surface area contributed by atoms with E-state index in [1.165, 1.54) is 13.0 Å². The van der Waals surface area contributed by atoms with Crippen molar-refractivity contribution >= 4 is 22.4 Å². The number of fused-ring (bicyclic) bond motifs is 1. The number of hydrazone groups is 1. The van der Waals surface area contributed by atoms with Gasteiger partial charge < -0.3 is 9.52 Å². The molecule has 0 saturated heterocycles. The zero-order valence-corrected chi connectivity index (χ0v) is 14.4. The summed E-state index contributed by atoms with van der Waals surface area (Å²) in [4.78, 5) is 24.1. The van der Waals surface area contributed by atoms with Crippen LogP contribution in [0.4, 0.5) is 0 Å². The zero-order chi connectivity index (χ0) is 18.7. The third-order valence-corrected chi connectivity index (χ3v) is 3.99. The summed E-state index contributed by atoms with van der Waals surface area (Å²) in [6.07, 6.45) is 0.145. The predicted octanol–water partition coefficient (Wildman–Crippen LogP) is 2.89. The highest BCUT2D eigenvalue weighted by atomic mass is 16.4. The van der Waals surface area contributed by atoms with Gasteiger partial charge in [-0.2, -0.15) is 5.10 Å². The number of nitrogens with zero attached hydrogens (tertiary/aromatic N) is 1. The van der Waals surface area contributed by atoms with E-state index in [4.69, 9.17) is 4.42 Å². The molecule has 0 aliphatic rings. The van der Waals surface area contributed by atoms with Gasteiger partial charge in [0.1, 0.15) is 17.1 Å². The molecule has 0 aliphatic carbocycles. The molecule has 0 aliphatic heterocycles. The Balaban J connectivity index is 1.78. The smallest absolute Gasteiger partial charge is 0.348 e. The van der Waals surface area contributed by atoms with Crippen LogP contribution in [0.5, 0.6) is 5.75 Å². The van der Waals surface area contributed by atoms with Crippen molar-refractivity contribution in [3.05, 3.63) is 75.8 Å². The molecule has 0 atom stereocenters. The van der Waals surface area contributed by atoms with Gasteiger partial charge in [0.2, 0.25) is 5.91 Å². The molecule has 1 amide bonds. The first kappa shape index (κ1) is 17.4. The molecule has 132 valence electrons. The van der Waals surface area contributed by atoms with Crippen molar-refractivity contribution in [2.75, 3.05) is 0 Å². The summed E-state index contributed by atoms with van der Waals surface area (Å²) >= 11 is 0. The normalized spacial score (nSPS) is 11.5. The molecular formula is C20H18N2O4. The van der Waals surface area contributed by atoms with E-state index in [9.17, 15) is 14.7 Å². The summed E-state index contributed by atoms with van der Waals surface area (Å²) in [6.45, 7) is 3.07. The van der Waals surface area contributed by atoms with Crippen molar-refractivity contribution in [2.45, 2.75) is 20.3 Å². The molecule has 0 radical (unpaired) electrons. The van der Waals surface area contributed by atoms with Gasteiger partial charge >= 0.3 is 5.63 Å². The van der Waals surface area contributed by atoms with Crippen molar-refractivity contribution < 1.29 is 14.3 Å². The molecule has 2 N–H and O–H groups in total. The van der Waals surface area contributed by atoms with Gasteiger partial charge in [0.25, 0.3) is 0 Å². The average Bonchev–Trinajstić information content (AvgIpc) is 2.59. The minimum absolute atomic E-state index is 0.0685. The van der Waals surface area contributed by atoms with Gasteiger partial charge in [-0.15, -0.1) is 0 Å². The number of aromatic hydroxyl groups is 1.